The number of aromatic nitrogens is 2. The van der Waals surface area contributed by atoms with Crippen molar-refractivity contribution in [3.8, 4) is 0 Å². The lowest BCUT2D eigenvalue weighted by molar-refractivity contribution is -0.116. The van der Waals surface area contributed by atoms with Crippen molar-refractivity contribution in [2.45, 2.75) is 32.4 Å². The number of hydrogen-bond donors (Lipinski definition) is 2. The molecule has 31 heavy (non-hydrogen) atoms. The first-order chi connectivity index (χ1) is 14.9. The summed E-state index contributed by atoms with van der Waals surface area (Å²) < 4.78 is 2.18. The fourth-order valence-electron chi connectivity index (χ4n) is 4.07. The molecule has 3 heterocycles. The van der Waals surface area contributed by atoms with Crippen LogP contribution in [0, 0.1) is 13.8 Å². The van der Waals surface area contributed by atoms with Crippen molar-refractivity contribution >= 4 is 28.9 Å². The minimum absolute atomic E-state index is 0.0310. The van der Waals surface area contributed by atoms with Gasteiger partial charge in [-0.1, -0.05) is 18.2 Å². The van der Waals surface area contributed by atoms with E-state index in [9.17, 15) is 4.79 Å². The van der Waals surface area contributed by atoms with Crippen LogP contribution in [0.3, 0.4) is 0 Å². The Kier molecular flexibility index (Phi) is 6.04. The van der Waals surface area contributed by atoms with Gasteiger partial charge in [0.2, 0.25) is 5.91 Å². The average molecular weight is 434 g/mol. The molecule has 0 aliphatic carbocycles. The number of nitrogens with zero attached hydrogens (tertiary/aromatic N) is 3. The molecule has 1 fully saturated rings. The van der Waals surface area contributed by atoms with Gasteiger partial charge in [-0.15, -0.1) is 0 Å². The summed E-state index contributed by atoms with van der Waals surface area (Å²) in [6, 6.07) is 17.8. The van der Waals surface area contributed by atoms with E-state index in [4.69, 9.17) is 12.2 Å². The van der Waals surface area contributed by atoms with Gasteiger partial charge in [0.05, 0.1) is 17.8 Å². The van der Waals surface area contributed by atoms with Crippen LogP contribution in [0.4, 0.5) is 5.69 Å². The van der Waals surface area contributed by atoms with E-state index >= 15 is 0 Å². The van der Waals surface area contributed by atoms with Gasteiger partial charge in [0.15, 0.2) is 5.11 Å². The van der Waals surface area contributed by atoms with Crippen LogP contribution in [0.1, 0.15) is 41.1 Å². The summed E-state index contributed by atoms with van der Waals surface area (Å²) in [6.07, 6.45) is 2.13. The van der Waals surface area contributed by atoms with E-state index in [1.54, 1.807) is 6.20 Å². The highest BCUT2D eigenvalue weighted by Gasteiger charge is 2.41. The van der Waals surface area contributed by atoms with E-state index in [-0.39, 0.29) is 18.0 Å². The molecular weight excluding hydrogens is 406 g/mol. The summed E-state index contributed by atoms with van der Waals surface area (Å²) in [5.41, 5.74) is 5.16. The number of carbonyl (C=O) groups excluding carboxylic acids is 1. The zero-order chi connectivity index (χ0) is 22.0. The molecule has 2 aromatic heterocycles. The molecule has 1 aromatic carbocycles. The maximum Gasteiger partial charge on any atom is 0.226 e. The van der Waals surface area contributed by atoms with Crippen molar-refractivity contribution < 1.29 is 4.79 Å². The molecule has 4 rings (SSSR count). The summed E-state index contributed by atoms with van der Waals surface area (Å²) in [5.74, 6) is -0.0310. The molecule has 2 N–H and O–H groups in total. The third-order valence-electron chi connectivity index (χ3n) is 5.79. The topological polar surface area (TPSA) is 62.2 Å². The van der Waals surface area contributed by atoms with Gasteiger partial charge in [-0.05, 0) is 68.0 Å². The average Bonchev–Trinajstić information content (AvgIpc) is 3.25. The summed E-state index contributed by atoms with van der Waals surface area (Å²) in [7, 11) is 2.06. The first-order valence-corrected chi connectivity index (χ1v) is 10.8. The first-order valence-electron chi connectivity index (χ1n) is 10.4. The van der Waals surface area contributed by atoms with Crippen LogP contribution in [0.15, 0.2) is 60.8 Å². The maximum absolute atomic E-state index is 12.6. The minimum atomic E-state index is -0.0819. The molecule has 0 bridgehead atoms. The van der Waals surface area contributed by atoms with Crippen molar-refractivity contribution in [2.75, 3.05) is 11.9 Å². The molecule has 6 nitrogen and oxygen atoms in total. The molecule has 0 saturated carbocycles. The van der Waals surface area contributed by atoms with E-state index in [1.807, 2.05) is 49.4 Å². The van der Waals surface area contributed by atoms with Crippen molar-refractivity contribution in [3.05, 3.63) is 83.4 Å². The number of pyridine rings is 1. The van der Waals surface area contributed by atoms with Gasteiger partial charge < -0.3 is 20.1 Å². The van der Waals surface area contributed by atoms with Gasteiger partial charge in [-0.2, -0.15) is 0 Å². The third kappa shape index (κ3) is 4.46. The van der Waals surface area contributed by atoms with Crippen molar-refractivity contribution in [1.82, 2.24) is 19.8 Å². The molecule has 160 valence electrons. The van der Waals surface area contributed by atoms with E-state index < -0.39 is 0 Å². The lowest BCUT2D eigenvalue weighted by Crippen LogP contribution is -2.33. The van der Waals surface area contributed by atoms with E-state index in [1.165, 1.54) is 5.69 Å². The van der Waals surface area contributed by atoms with E-state index in [0.29, 0.717) is 18.1 Å². The zero-order valence-corrected chi connectivity index (χ0v) is 18.8. The predicted octanol–water partition coefficient (Wildman–Crippen LogP) is 4.04. The number of thiocarbonyl (C=S) groups is 1. The Morgan fingerprint density at radius 1 is 1.16 bits per heavy atom. The van der Waals surface area contributed by atoms with Gasteiger partial charge in [0.25, 0.3) is 0 Å². The van der Waals surface area contributed by atoms with Gasteiger partial charge >= 0.3 is 0 Å². The second-order valence-electron chi connectivity index (χ2n) is 7.95. The van der Waals surface area contributed by atoms with Gasteiger partial charge in [0, 0.05) is 43.3 Å². The Morgan fingerprint density at radius 3 is 2.68 bits per heavy atom. The monoisotopic (exact) mass is 433 g/mol. The number of anilines is 1. The van der Waals surface area contributed by atoms with E-state index in [2.05, 4.69) is 51.2 Å². The van der Waals surface area contributed by atoms with Crippen LogP contribution in [-0.4, -0.2) is 32.0 Å². The highest BCUT2D eigenvalue weighted by atomic mass is 32.1. The Morgan fingerprint density at radius 2 is 2.00 bits per heavy atom. The van der Waals surface area contributed by atoms with Gasteiger partial charge in [0.1, 0.15) is 0 Å². The van der Waals surface area contributed by atoms with Crippen molar-refractivity contribution in [2.24, 2.45) is 7.05 Å². The molecule has 3 aromatic rings. The first kappa shape index (κ1) is 21.1. The molecular formula is C24H27N5OS. The normalized spacial score (nSPS) is 18.2. The standard InChI is InChI=1S/C24H27N5OS/c1-16-7-6-8-18(15-16)26-21(30)12-14-29-23(20-11-10-17(2)28(20)3)22(27-24(29)31)19-9-4-5-13-25-19/h4-11,13,15,22-23H,12,14H2,1-3H3,(H,26,30)(H,27,31). The summed E-state index contributed by atoms with van der Waals surface area (Å²) in [4.78, 5) is 19.3. The molecule has 0 radical (unpaired) electrons. The van der Waals surface area contributed by atoms with Crippen LogP contribution in [0.2, 0.25) is 0 Å². The molecule has 0 spiro atoms. The van der Waals surface area contributed by atoms with E-state index in [0.717, 1.165) is 22.6 Å². The molecule has 2 unspecified atom stereocenters. The summed E-state index contributed by atoms with van der Waals surface area (Å²) >= 11 is 5.69. The smallest absolute Gasteiger partial charge is 0.226 e. The predicted molar refractivity (Wildman–Crippen MR) is 127 cm³/mol. The summed E-state index contributed by atoms with van der Waals surface area (Å²) in [5, 5.41) is 7.07. The highest BCUT2D eigenvalue weighted by Crippen LogP contribution is 2.38. The Balaban J connectivity index is 1.55. The van der Waals surface area contributed by atoms with Crippen molar-refractivity contribution in [1.29, 1.82) is 0 Å². The summed E-state index contributed by atoms with van der Waals surface area (Å²) in [6.45, 7) is 4.61. The number of nitrogens with one attached hydrogen (secondary N) is 2. The highest BCUT2D eigenvalue weighted by molar-refractivity contribution is 7.80. The Hall–Kier alpha value is -3.19. The molecule has 7 heteroatoms. The fraction of sp³-hybridized carbons (Fsp3) is 0.292. The molecule has 1 aliphatic rings. The number of aryl methyl sites for hydroxylation is 2. The molecule has 1 saturated heterocycles. The van der Waals surface area contributed by atoms with Crippen molar-refractivity contribution in [3.63, 3.8) is 0 Å². The number of rotatable bonds is 6. The quantitative estimate of drug-likeness (QED) is 0.575. The van der Waals surface area contributed by atoms with Crippen LogP contribution in [0.5, 0.6) is 0 Å². The molecule has 2 atom stereocenters. The fourth-order valence-corrected chi connectivity index (χ4v) is 4.40. The lowest BCUT2D eigenvalue weighted by Gasteiger charge is -2.28. The second kappa shape index (κ2) is 8.89. The minimum Gasteiger partial charge on any atom is -0.352 e. The van der Waals surface area contributed by atoms with Crippen LogP contribution in [-0.2, 0) is 11.8 Å². The number of benzene rings is 1. The molecule has 1 aliphatic heterocycles. The Labute approximate surface area is 188 Å². The number of carbonyl (C=O) groups is 1. The van der Waals surface area contributed by atoms with Crippen LogP contribution >= 0.6 is 12.2 Å². The zero-order valence-electron chi connectivity index (χ0n) is 18.0. The number of amides is 1. The van der Waals surface area contributed by atoms with Gasteiger partial charge in [-0.3, -0.25) is 9.78 Å². The third-order valence-corrected chi connectivity index (χ3v) is 6.15. The largest absolute Gasteiger partial charge is 0.352 e. The SMILES string of the molecule is Cc1cccc(NC(=O)CCN2C(=S)NC(c3ccccn3)C2c2ccc(C)n2C)c1. The lowest BCUT2D eigenvalue weighted by atomic mass is 10.0. The Bertz CT molecular complexity index is 1090. The second-order valence-corrected chi connectivity index (χ2v) is 8.33. The van der Waals surface area contributed by atoms with Crippen LogP contribution < -0.4 is 10.6 Å². The molecule has 1 amide bonds. The van der Waals surface area contributed by atoms with Gasteiger partial charge in [-0.25, -0.2) is 0 Å². The number of hydrogen-bond acceptors (Lipinski definition) is 3. The maximum atomic E-state index is 12.6. The van der Waals surface area contributed by atoms with Crippen LogP contribution in [0.25, 0.3) is 0 Å².